The molecule has 2 atom stereocenters. The predicted molar refractivity (Wildman–Crippen MR) is 65.6 cm³/mol. The van der Waals surface area contributed by atoms with Gasteiger partial charge in [0.1, 0.15) is 17.7 Å². The van der Waals surface area contributed by atoms with Crippen molar-refractivity contribution in [2.24, 2.45) is 5.73 Å². The van der Waals surface area contributed by atoms with Crippen LogP contribution in [0.5, 0.6) is 5.75 Å². The molecule has 1 aromatic rings. The van der Waals surface area contributed by atoms with Crippen LogP contribution in [0.3, 0.4) is 0 Å². The summed E-state index contributed by atoms with van der Waals surface area (Å²) in [7, 11) is 0. The van der Waals surface area contributed by atoms with Crippen LogP contribution in [0.1, 0.15) is 32.4 Å². The van der Waals surface area contributed by atoms with Crippen LogP contribution < -0.4 is 10.5 Å². The molecule has 0 aliphatic heterocycles. The van der Waals surface area contributed by atoms with Crippen molar-refractivity contribution in [3.63, 3.8) is 0 Å². The number of hydrogen-bond acceptors (Lipinski definition) is 3. The van der Waals surface area contributed by atoms with Gasteiger partial charge in [0.2, 0.25) is 0 Å². The molecule has 17 heavy (non-hydrogen) atoms. The third-order valence-corrected chi connectivity index (χ3v) is 2.35. The number of hydrogen-bond donors (Lipinski definition) is 1. The van der Waals surface area contributed by atoms with E-state index in [9.17, 15) is 4.39 Å². The van der Waals surface area contributed by atoms with Crippen LogP contribution in [0.15, 0.2) is 18.2 Å². The number of nitrogens with two attached hydrogens (primary N) is 1. The number of halogens is 1. The van der Waals surface area contributed by atoms with E-state index in [1.54, 1.807) is 19.1 Å². The summed E-state index contributed by atoms with van der Waals surface area (Å²) < 4.78 is 24.5. The zero-order valence-corrected chi connectivity index (χ0v) is 10.6. The third kappa shape index (κ3) is 3.98. The van der Waals surface area contributed by atoms with E-state index >= 15 is 0 Å². The van der Waals surface area contributed by atoms with Crippen LogP contribution >= 0.6 is 0 Å². The minimum absolute atomic E-state index is 0.130. The lowest BCUT2D eigenvalue weighted by atomic mass is 10.1. The predicted octanol–water partition coefficient (Wildman–Crippen LogP) is 2.65. The lowest BCUT2D eigenvalue weighted by Gasteiger charge is -2.19. The standard InChI is InChI=1S/C13H20FNO2/c1-4-16-8-9(2)17-12-7-5-6-11(14)13(12)10(3)15/h5-7,9-10H,4,8,15H2,1-3H3. The van der Waals surface area contributed by atoms with Crippen LogP contribution in [0.2, 0.25) is 0 Å². The quantitative estimate of drug-likeness (QED) is 0.832. The first-order chi connectivity index (χ1) is 8.06. The van der Waals surface area contributed by atoms with Gasteiger partial charge in [-0.05, 0) is 32.9 Å². The van der Waals surface area contributed by atoms with Crippen molar-refractivity contribution in [1.29, 1.82) is 0 Å². The molecule has 1 aromatic carbocycles. The maximum absolute atomic E-state index is 13.6. The second kappa shape index (κ2) is 6.57. The summed E-state index contributed by atoms with van der Waals surface area (Å²) in [5.41, 5.74) is 6.15. The maximum Gasteiger partial charge on any atom is 0.131 e. The SMILES string of the molecule is CCOCC(C)Oc1cccc(F)c1C(C)N. The van der Waals surface area contributed by atoms with Crippen molar-refractivity contribution >= 4 is 0 Å². The fourth-order valence-corrected chi connectivity index (χ4v) is 1.60. The first kappa shape index (κ1) is 13.9. The molecule has 0 aliphatic carbocycles. The Hall–Kier alpha value is -1.13. The van der Waals surface area contributed by atoms with Crippen molar-refractivity contribution in [2.45, 2.75) is 32.9 Å². The summed E-state index contributed by atoms with van der Waals surface area (Å²) in [6.45, 7) is 6.65. The van der Waals surface area contributed by atoms with E-state index in [0.717, 1.165) is 0 Å². The van der Waals surface area contributed by atoms with E-state index in [0.29, 0.717) is 24.5 Å². The molecule has 2 unspecified atom stereocenters. The molecule has 0 bridgehead atoms. The van der Waals surface area contributed by atoms with E-state index in [-0.39, 0.29) is 11.9 Å². The van der Waals surface area contributed by atoms with Crippen LogP contribution in [0.25, 0.3) is 0 Å². The lowest BCUT2D eigenvalue weighted by molar-refractivity contribution is 0.0648. The Morgan fingerprint density at radius 2 is 2.06 bits per heavy atom. The first-order valence-electron chi connectivity index (χ1n) is 5.84. The molecule has 0 aromatic heterocycles. The Kier molecular flexibility index (Phi) is 5.38. The smallest absolute Gasteiger partial charge is 0.131 e. The summed E-state index contributed by atoms with van der Waals surface area (Å²) in [4.78, 5) is 0. The van der Waals surface area contributed by atoms with Crippen LogP contribution in [-0.2, 0) is 4.74 Å². The van der Waals surface area contributed by atoms with Crippen molar-refractivity contribution < 1.29 is 13.9 Å². The Labute approximate surface area is 102 Å². The molecule has 96 valence electrons. The summed E-state index contributed by atoms with van der Waals surface area (Å²) >= 11 is 0. The van der Waals surface area contributed by atoms with Gasteiger partial charge in [-0.25, -0.2) is 4.39 Å². The number of ether oxygens (including phenoxy) is 2. The average molecular weight is 241 g/mol. The van der Waals surface area contributed by atoms with Gasteiger partial charge in [0.15, 0.2) is 0 Å². The molecular formula is C13H20FNO2. The molecule has 0 aliphatic rings. The molecule has 0 radical (unpaired) electrons. The highest BCUT2D eigenvalue weighted by atomic mass is 19.1. The lowest BCUT2D eigenvalue weighted by Crippen LogP contribution is -2.21. The Balaban J connectivity index is 2.79. The molecule has 1 rings (SSSR count). The Bertz CT molecular complexity index is 355. The van der Waals surface area contributed by atoms with Crippen molar-refractivity contribution in [3.05, 3.63) is 29.6 Å². The van der Waals surface area contributed by atoms with Gasteiger partial charge >= 0.3 is 0 Å². The van der Waals surface area contributed by atoms with Crippen LogP contribution in [0.4, 0.5) is 4.39 Å². The molecule has 2 N–H and O–H groups in total. The molecule has 0 spiro atoms. The highest BCUT2D eigenvalue weighted by Crippen LogP contribution is 2.27. The Morgan fingerprint density at radius 1 is 1.35 bits per heavy atom. The fraction of sp³-hybridized carbons (Fsp3) is 0.538. The number of rotatable bonds is 6. The zero-order valence-electron chi connectivity index (χ0n) is 10.6. The largest absolute Gasteiger partial charge is 0.488 e. The molecule has 0 fully saturated rings. The van der Waals surface area contributed by atoms with E-state index in [1.807, 2.05) is 13.8 Å². The van der Waals surface area contributed by atoms with Gasteiger partial charge in [-0.15, -0.1) is 0 Å². The molecule has 3 nitrogen and oxygen atoms in total. The summed E-state index contributed by atoms with van der Waals surface area (Å²) in [5, 5.41) is 0. The molecule has 0 amide bonds. The highest BCUT2D eigenvalue weighted by Gasteiger charge is 2.15. The van der Waals surface area contributed by atoms with Gasteiger partial charge in [-0.2, -0.15) is 0 Å². The van der Waals surface area contributed by atoms with Gasteiger partial charge in [0.05, 0.1) is 6.61 Å². The van der Waals surface area contributed by atoms with Gasteiger partial charge in [0, 0.05) is 18.2 Å². The van der Waals surface area contributed by atoms with Gasteiger partial charge < -0.3 is 15.2 Å². The van der Waals surface area contributed by atoms with E-state index < -0.39 is 6.04 Å². The van der Waals surface area contributed by atoms with Crippen LogP contribution in [0, 0.1) is 5.82 Å². The summed E-state index contributed by atoms with van der Waals surface area (Å²) in [5.74, 6) is 0.160. The third-order valence-electron chi connectivity index (χ3n) is 2.35. The molecule has 4 heteroatoms. The van der Waals surface area contributed by atoms with Crippen molar-refractivity contribution in [1.82, 2.24) is 0 Å². The Morgan fingerprint density at radius 3 is 2.65 bits per heavy atom. The van der Waals surface area contributed by atoms with Crippen LogP contribution in [-0.4, -0.2) is 19.3 Å². The second-order valence-corrected chi connectivity index (χ2v) is 4.03. The normalized spacial score (nSPS) is 14.4. The van der Waals surface area contributed by atoms with Gasteiger partial charge in [0.25, 0.3) is 0 Å². The van der Waals surface area contributed by atoms with Gasteiger partial charge in [-0.3, -0.25) is 0 Å². The van der Waals surface area contributed by atoms with E-state index in [2.05, 4.69) is 0 Å². The molecule has 0 saturated heterocycles. The minimum atomic E-state index is -0.398. The van der Waals surface area contributed by atoms with Crippen molar-refractivity contribution in [3.8, 4) is 5.75 Å². The highest BCUT2D eigenvalue weighted by molar-refractivity contribution is 5.36. The first-order valence-corrected chi connectivity index (χ1v) is 5.84. The topological polar surface area (TPSA) is 44.5 Å². The molecular weight excluding hydrogens is 221 g/mol. The van der Waals surface area contributed by atoms with E-state index in [4.69, 9.17) is 15.2 Å². The summed E-state index contributed by atoms with van der Waals surface area (Å²) in [6.07, 6.45) is -0.130. The summed E-state index contributed by atoms with van der Waals surface area (Å²) in [6, 6.07) is 4.33. The monoisotopic (exact) mass is 241 g/mol. The molecule has 0 saturated carbocycles. The minimum Gasteiger partial charge on any atom is -0.488 e. The molecule has 0 heterocycles. The number of benzene rings is 1. The maximum atomic E-state index is 13.6. The second-order valence-electron chi connectivity index (χ2n) is 4.03. The zero-order chi connectivity index (χ0) is 12.8. The van der Waals surface area contributed by atoms with E-state index in [1.165, 1.54) is 6.07 Å². The average Bonchev–Trinajstić information content (AvgIpc) is 2.25. The fourth-order valence-electron chi connectivity index (χ4n) is 1.60. The van der Waals surface area contributed by atoms with Gasteiger partial charge in [-0.1, -0.05) is 6.07 Å². The van der Waals surface area contributed by atoms with Crippen molar-refractivity contribution in [2.75, 3.05) is 13.2 Å².